The van der Waals surface area contributed by atoms with Gasteiger partial charge in [-0.15, -0.1) is 0 Å². The molecule has 102 valence electrons. The molecule has 2 aromatic rings. The molecule has 20 heavy (non-hydrogen) atoms. The van der Waals surface area contributed by atoms with Crippen LogP contribution in [0.4, 0.5) is 10.1 Å². The van der Waals surface area contributed by atoms with Crippen LogP contribution in [0, 0.1) is 31.0 Å². The molecule has 0 spiro atoms. The first-order valence-corrected chi connectivity index (χ1v) is 6.19. The fourth-order valence-electron chi connectivity index (χ4n) is 2.02. The highest BCUT2D eigenvalue weighted by Gasteiger charge is 2.08. The molecule has 2 rings (SSSR count). The Morgan fingerprint density at radius 2 is 2.00 bits per heavy atom. The van der Waals surface area contributed by atoms with E-state index in [2.05, 4.69) is 0 Å². The van der Waals surface area contributed by atoms with Gasteiger partial charge in [-0.1, -0.05) is 6.07 Å². The van der Waals surface area contributed by atoms with Gasteiger partial charge in [-0.25, -0.2) is 4.39 Å². The van der Waals surface area contributed by atoms with Crippen molar-refractivity contribution in [3.63, 3.8) is 0 Å². The number of nitrogen functional groups attached to an aromatic ring is 1. The quantitative estimate of drug-likeness (QED) is 0.869. The zero-order valence-corrected chi connectivity index (χ0v) is 11.4. The number of benzene rings is 2. The van der Waals surface area contributed by atoms with Crippen molar-refractivity contribution in [2.75, 3.05) is 5.73 Å². The highest BCUT2D eigenvalue weighted by atomic mass is 19.1. The standard InChI is InChI=1S/C16H15FN2O/c1-10-3-4-15(19)11(2)16(10)20-9-13-5-12(8-18)6-14(17)7-13/h3-7H,9,19H2,1-2H3. The highest BCUT2D eigenvalue weighted by molar-refractivity contribution is 5.56. The first-order valence-electron chi connectivity index (χ1n) is 6.19. The molecule has 3 nitrogen and oxygen atoms in total. The van der Waals surface area contributed by atoms with Gasteiger partial charge in [0.1, 0.15) is 18.2 Å². The zero-order chi connectivity index (χ0) is 14.7. The van der Waals surface area contributed by atoms with Crippen LogP contribution in [0.3, 0.4) is 0 Å². The summed E-state index contributed by atoms with van der Waals surface area (Å²) < 4.78 is 19.1. The maximum absolute atomic E-state index is 13.3. The van der Waals surface area contributed by atoms with E-state index >= 15 is 0 Å². The number of rotatable bonds is 3. The molecule has 0 saturated carbocycles. The summed E-state index contributed by atoms with van der Waals surface area (Å²) in [6.07, 6.45) is 0. The third-order valence-corrected chi connectivity index (χ3v) is 3.11. The molecule has 0 bridgehead atoms. The first kappa shape index (κ1) is 13.9. The molecular formula is C16H15FN2O. The molecule has 0 saturated heterocycles. The van der Waals surface area contributed by atoms with E-state index < -0.39 is 5.82 Å². The smallest absolute Gasteiger partial charge is 0.127 e. The first-order chi connectivity index (χ1) is 9.51. The molecule has 0 aliphatic rings. The Hall–Kier alpha value is -2.54. The molecule has 0 unspecified atom stereocenters. The van der Waals surface area contributed by atoms with Crippen molar-refractivity contribution in [2.24, 2.45) is 0 Å². The van der Waals surface area contributed by atoms with Gasteiger partial charge in [-0.05, 0) is 49.2 Å². The summed E-state index contributed by atoms with van der Waals surface area (Å²) in [7, 11) is 0. The predicted molar refractivity (Wildman–Crippen MR) is 75.8 cm³/mol. The van der Waals surface area contributed by atoms with Gasteiger partial charge >= 0.3 is 0 Å². The second-order valence-electron chi connectivity index (χ2n) is 4.67. The lowest BCUT2D eigenvalue weighted by atomic mass is 10.1. The van der Waals surface area contributed by atoms with Crippen LogP contribution in [0.15, 0.2) is 30.3 Å². The van der Waals surface area contributed by atoms with Crippen molar-refractivity contribution in [3.8, 4) is 11.8 Å². The zero-order valence-electron chi connectivity index (χ0n) is 11.4. The van der Waals surface area contributed by atoms with Crippen LogP contribution >= 0.6 is 0 Å². The molecule has 0 atom stereocenters. The van der Waals surface area contributed by atoms with Crippen LogP contribution in [-0.2, 0) is 6.61 Å². The Balaban J connectivity index is 2.24. The lowest BCUT2D eigenvalue weighted by Crippen LogP contribution is -2.02. The van der Waals surface area contributed by atoms with E-state index in [1.165, 1.54) is 12.1 Å². The van der Waals surface area contributed by atoms with Crippen LogP contribution in [-0.4, -0.2) is 0 Å². The summed E-state index contributed by atoms with van der Waals surface area (Å²) in [5.74, 6) is 0.261. The molecule has 0 fully saturated rings. The van der Waals surface area contributed by atoms with Gasteiger partial charge in [0, 0.05) is 11.3 Å². The fraction of sp³-hybridized carbons (Fsp3) is 0.188. The highest BCUT2D eigenvalue weighted by Crippen LogP contribution is 2.28. The van der Waals surface area contributed by atoms with E-state index in [1.807, 2.05) is 32.0 Å². The molecule has 0 radical (unpaired) electrons. The van der Waals surface area contributed by atoms with Gasteiger partial charge in [0.05, 0.1) is 11.6 Å². The van der Waals surface area contributed by atoms with Crippen LogP contribution in [0.2, 0.25) is 0 Å². The summed E-state index contributed by atoms with van der Waals surface area (Å²) in [6.45, 7) is 4.00. The van der Waals surface area contributed by atoms with Crippen LogP contribution in [0.1, 0.15) is 22.3 Å². The van der Waals surface area contributed by atoms with E-state index in [0.717, 1.165) is 11.1 Å². The van der Waals surface area contributed by atoms with E-state index in [4.69, 9.17) is 15.7 Å². The summed E-state index contributed by atoms with van der Waals surface area (Å²) in [5, 5.41) is 8.82. The van der Waals surface area contributed by atoms with Gasteiger partial charge in [0.25, 0.3) is 0 Å². The number of hydrogen-bond acceptors (Lipinski definition) is 3. The van der Waals surface area contributed by atoms with Gasteiger partial charge in [-0.3, -0.25) is 0 Å². The number of nitriles is 1. The largest absolute Gasteiger partial charge is 0.488 e. The Labute approximate surface area is 117 Å². The SMILES string of the molecule is Cc1ccc(N)c(C)c1OCc1cc(F)cc(C#N)c1. The van der Waals surface area contributed by atoms with E-state index in [9.17, 15) is 4.39 Å². The molecule has 0 aromatic heterocycles. The monoisotopic (exact) mass is 270 g/mol. The van der Waals surface area contributed by atoms with Crippen molar-refractivity contribution >= 4 is 5.69 Å². The molecule has 0 heterocycles. The molecule has 4 heteroatoms. The third kappa shape index (κ3) is 2.89. The van der Waals surface area contributed by atoms with Crippen molar-refractivity contribution in [2.45, 2.75) is 20.5 Å². The minimum Gasteiger partial charge on any atom is -0.488 e. The van der Waals surface area contributed by atoms with Gasteiger partial charge in [0.2, 0.25) is 0 Å². The average molecular weight is 270 g/mol. The Bertz CT molecular complexity index is 690. The van der Waals surface area contributed by atoms with Crippen molar-refractivity contribution < 1.29 is 9.13 Å². The van der Waals surface area contributed by atoms with Crippen molar-refractivity contribution in [1.29, 1.82) is 5.26 Å². The summed E-state index contributed by atoms with van der Waals surface area (Å²) in [6, 6.07) is 9.79. The third-order valence-electron chi connectivity index (χ3n) is 3.11. The van der Waals surface area contributed by atoms with Crippen molar-refractivity contribution in [1.82, 2.24) is 0 Å². The van der Waals surface area contributed by atoms with Gasteiger partial charge in [0.15, 0.2) is 0 Å². The topological polar surface area (TPSA) is 59.0 Å². The van der Waals surface area contributed by atoms with Gasteiger partial charge in [-0.2, -0.15) is 5.26 Å². The minimum atomic E-state index is -0.441. The van der Waals surface area contributed by atoms with E-state index in [1.54, 1.807) is 6.07 Å². The van der Waals surface area contributed by atoms with Crippen LogP contribution < -0.4 is 10.5 Å². The number of anilines is 1. The normalized spacial score (nSPS) is 10.1. The summed E-state index contributed by atoms with van der Waals surface area (Å²) in [5.41, 5.74) is 9.23. The van der Waals surface area contributed by atoms with Crippen LogP contribution in [0.25, 0.3) is 0 Å². The molecule has 2 aromatic carbocycles. The Morgan fingerprint density at radius 3 is 2.70 bits per heavy atom. The number of nitrogens with zero attached hydrogens (tertiary/aromatic N) is 1. The second-order valence-corrected chi connectivity index (χ2v) is 4.67. The number of halogens is 1. The molecule has 0 aliphatic carbocycles. The predicted octanol–water partition coefficient (Wildman–Crippen LogP) is 3.48. The fourth-order valence-corrected chi connectivity index (χ4v) is 2.02. The minimum absolute atomic E-state index is 0.192. The summed E-state index contributed by atoms with van der Waals surface area (Å²) in [4.78, 5) is 0. The lowest BCUT2D eigenvalue weighted by Gasteiger charge is -2.14. The van der Waals surface area contributed by atoms with Crippen LogP contribution in [0.5, 0.6) is 5.75 Å². The Morgan fingerprint density at radius 1 is 1.25 bits per heavy atom. The van der Waals surface area contributed by atoms with E-state index in [-0.39, 0.29) is 12.2 Å². The number of ether oxygens (including phenoxy) is 1. The number of hydrogen-bond donors (Lipinski definition) is 1. The second kappa shape index (κ2) is 5.62. The molecular weight excluding hydrogens is 255 g/mol. The molecule has 2 N–H and O–H groups in total. The van der Waals surface area contributed by atoms with Crippen molar-refractivity contribution in [3.05, 3.63) is 58.4 Å². The summed E-state index contributed by atoms with van der Waals surface area (Å²) >= 11 is 0. The Kier molecular flexibility index (Phi) is 3.90. The average Bonchev–Trinajstić information content (AvgIpc) is 2.42. The number of aryl methyl sites for hydroxylation is 1. The maximum atomic E-state index is 13.3. The molecule has 0 aliphatic heterocycles. The lowest BCUT2D eigenvalue weighted by molar-refractivity contribution is 0.301. The maximum Gasteiger partial charge on any atom is 0.127 e. The van der Waals surface area contributed by atoms with E-state index in [0.29, 0.717) is 17.0 Å². The molecule has 0 amide bonds. The van der Waals surface area contributed by atoms with Gasteiger partial charge < -0.3 is 10.5 Å². The number of nitrogens with two attached hydrogens (primary N) is 1.